The molecule has 1 fully saturated rings. The highest BCUT2D eigenvalue weighted by Crippen LogP contribution is 2.29. The maximum absolute atomic E-state index is 5.52. The Kier molecular flexibility index (Phi) is 5.81. The van der Waals surface area contributed by atoms with Crippen molar-refractivity contribution in [3.63, 3.8) is 0 Å². The Morgan fingerprint density at radius 3 is 2.95 bits per heavy atom. The van der Waals surface area contributed by atoms with Crippen LogP contribution in [-0.2, 0) is 17.7 Å². The highest BCUT2D eigenvalue weighted by Gasteiger charge is 2.23. The molecule has 1 aromatic heterocycles. The molecule has 0 radical (unpaired) electrons. The minimum Gasteiger partial charge on any atom is -0.377 e. The number of thiazole rings is 1. The van der Waals surface area contributed by atoms with Crippen molar-refractivity contribution in [2.75, 3.05) is 24.7 Å². The summed E-state index contributed by atoms with van der Waals surface area (Å²) in [5.74, 6) is 0. The van der Waals surface area contributed by atoms with E-state index in [0.717, 1.165) is 39.1 Å². The van der Waals surface area contributed by atoms with Crippen LogP contribution >= 0.6 is 11.3 Å². The van der Waals surface area contributed by atoms with E-state index in [9.17, 15) is 0 Å². The molecule has 2 rings (SSSR count). The molecule has 5 heteroatoms. The van der Waals surface area contributed by atoms with Crippen molar-refractivity contribution in [2.45, 2.75) is 59.2 Å². The summed E-state index contributed by atoms with van der Waals surface area (Å²) in [6.45, 7) is 12.3. The first-order valence-electron chi connectivity index (χ1n) is 7.68. The fourth-order valence-corrected chi connectivity index (χ4v) is 3.56. The number of aromatic nitrogens is 1. The summed E-state index contributed by atoms with van der Waals surface area (Å²) in [7, 11) is 0. The highest BCUT2D eigenvalue weighted by atomic mass is 32.1. The van der Waals surface area contributed by atoms with Crippen molar-refractivity contribution >= 4 is 16.5 Å². The SMILES string of the molecule is CCCc1nc(N2CCOCC2C)sc1CNC(C)C. The second-order valence-electron chi connectivity index (χ2n) is 5.77. The number of morpholine rings is 1. The largest absolute Gasteiger partial charge is 0.377 e. The summed E-state index contributed by atoms with van der Waals surface area (Å²) in [6.07, 6.45) is 2.22. The number of hydrogen-bond donors (Lipinski definition) is 1. The van der Waals surface area contributed by atoms with Crippen LogP contribution in [0.4, 0.5) is 5.13 Å². The molecular formula is C15H27N3OS. The van der Waals surface area contributed by atoms with Gasteiger partial charge in [-0.25, -0.2) is 4.98 Å². The lowest BCUT2D eigenvalue weighted by molar-refractivity contribution is 0.0989. The minimum absolute atomic E-state index is 0.426. The van der Waals surface area contributed by atoms with Gasteiger partial charge < -0.3 is 15.0 Å². The van der Waals surface area contributed by atoms with Crippen molar-refractivity contribution in [3.8, 4) is 0 Å². The molecule has 0 saturated carbocycles. The predicted octanol–water partition coefficient (Wildman–Crippen LogP) is 2.82. The first kappa shape index (κ1) is 15.7. The van der Waals surface area contributed by atoms with E-state index in [0.29, 0.717) is 12.1 Å². The summed E-state index contributed by atoms with van der Waals surface area (Å²) >= 11 is 1.85. The third-order valence-electron chi connectivity index (χ3n) is 3.54. The van der Waals surface area contributed by atoms with Crippen LogP contribution in [0.5, 0.6) is 0 Å². The first-order valence-corrected chi connectivity index (χ1v) is 8.49. The van der Waals surface area contributed by atoms with Gasteiger partial charge in [0.05, 0.1) is 24.9 Å². The maximum Gasteiger partial charge on any atom is 0.186 e. The van der Waals surface area contributed by atoms with Gasteiger partial charge >= 0.3 is 0 Å². The van der Waals surface area contributed by atoms with E-state index >= 15 is 0 Å². The number of nitrogens with zero attached hydrogens (tertiary/aromatic N) is 2. The summed E-state index contributed by atoms with van der Waals surface area (Å²) in [4.78, 5) is 8.69. The molecule has 0 spiro atoms. The molecule has 0 bridgehead atoms. The smallest absolute Gasteiger partial charge is 0.186 e. The average Bonchev–Trinajstić information content (AvgIpc) is 2.80. The zero-order valence-electron chi connectivity index (χ0n) is 13.1. The summed E-state index contributed by atoms with van der Waals surface area (Å²) < 4.78 is 5.52. The second-order valence-corrected chi connectivity index (χ2v) is 6.83. The fraction of sp³-hybridized carbons (Fsp3) is 0.800. The van der Waals surface area contributed by atoms with Gasteiger partial charge in [0.15, 0.2) is 5.13 Å². The Bertz CT molecular complexity index is 419. The number of anilines is 1. The standard InChI is InChI=1S/C15H27N3OS/c1-5-6-13-14(9-16-11(2)3)20-15(17-13)18-7-8-19-10-12(18)4/h11-12,16H,5-10H2,1-4H3. The molecule has 4 nitrogen and oxygen atoms in total. The number of nitrogens with one attached hydrogen (secondary N) is 1. The Morgan fingerprint density at radius 2 is 2.30 bits per heavy atom. The minimum atomic E-state index is 0.426. The zero-order chi connectivity index (χ0) is 14.5. The monoisotopic (exact) mass is 297 g/mol. The molecule has 1 atom stereocenters. The van der Waals surface area contributed by atoms with Crippen molar-refractivity contribution in [2.24, 2.45) is 0 Å². The van der Waals surface area contributed by atoms with Crippen LogP contribution in [0.2, 0.25) is 0 Å². The number of ether oxygens (including phenoxy) is 1. The van der Waals surface area contributed by atoms with Crippen LogP contribution in [0, 0.1) is 0 Å². The van der Waals surface area contributed by atoms with Crippen LogP contribution in [0.1, 0.15) is 44.7 Å². The fourth-order valence-electron chi connectivity index (χ4n) is 2.37. The molecule has 1 saturated heterocycles. The van der Waals surface area contributed by atoms with Gasteiger partial charge in [-0.1, -0.05) is 27.2 Å². The van der Waals surface area contributed by atoms with E-state index in [1.54, 1.807) is 0 Å². The third kappa shape index (κ3) is 3.93. The molecule has 20 heavy (non-hydrogen) atoms. The van der Waals surface area contributed by atoms with E-state index in [2.05, 4.69) is 37.9 Å². The molecule has 114 valence electrons. The van der Waals surface area contributed by atoms with Gasteiger partial charge in [0.25, 0.3) is 0 Å². The molecule has 1 unspecified atom stereocenters. The molecule has 0 aromatic carbocycles. The van der Waals surface area contributed by atoms with Crippen molar-refractivity contribution < 1.29 is 4.74 Å². The maximum atomic E-state index is 5.52. The molecule has 1 aliphatic heterocycles. The number of hydrogen-bond acceptors (Lipinski definition) is 5. The van der Waals surface area contributed by atoms with Gasteiger partial charge in [-0.05, 0) is 13.3 Å². The second kappa shape index (κ2) is 7.38. The first-order chi connectivity index (χ1) is 9.61. The molecule has 1 N–H and O–H groups in total. The Labute approximate surface area is 126 Å². The molecule has 2 heterocycles. The topological polar surface area (TPSA) is 37.4 Å². The molecule has 1 aliphatic rings. The Hall–Kier alpha value is -0.650. The average molecular weight is 297 g/mol. The van der Waals surface area contributed by atoms with Gasteiger partial charge in [0.2, 0.25) is 0 Å². The lowest BCUT2D eigenvalue weighted by Crippen LogP contribution is -2.43. The molecule has 0 aliphatic carbocycles. The Balaban J connectivity index is 2.14. The molecular weight excluding hydrogens is 270 g/mol. The van der Waals surface area contributed by atoms with Crippen molar-refractivity contribution in [1.29, 1.82) is 0 Å². The lowest BCUT2D eigenvalue weighted by atomic mass is 10.2. The van der Waals surface area contributed by atoms with E-state index in [1.165, 1.54) is 15.7 Å². The number of rotatable bonds is 6. The van der Waals surface area contributed by atoms with Crippen molar-refractivity contribution in [3.05, 3.63) is 10.6 Å². The normalized spacial score (nSPS) is 19.9. The van der Waals surface area contributed by atoms with Gasteiger partial charge in [-0.3, -0.25) is 0 Å². The molecule has 1 aromatic rings. The van der Waals surface area contributed by atoms with Crippen LogP contribution < -0.4 is 10.2 Å². The van der Waals surface area contributed by atoms with Gasteiger partial charge in [-0.15, -0.1) is 11.3 Å². The summed E-state index contributed by atoms with van der Waals surface area (Å²) in [5.41, 5.74) is 1.28. The summed E-state index contributed by atoms with van der Waals surface area (Å²) in [5, 5.41) is 4.69. The van der Waals surface area contributed by atoms with Gasteiger partial charge in [0.1, 0.15) is 0 Å². The van der Waals surface area contributed by atoms with Crippen LogP contribution in [0.3, 0.4) is 0 Å². The van der Waals surface area contributed by atoms with Crippen LogP contribution in [0.25, 0.3) is 0 Å². The highest BCUT2D eigenvalue weighted by molar-refractivity contribution is 7.15. The zero-order valence-corrected chi connectivity index (χ0v) is 13.9. The lowest BCUT2D eigenvalue weighted by Gasteiger charge is -2.32. The quantitative estimate of drug-likeness (QED) is 0.876. The van der Waals surface area contributed by atoms with E-state index in [-0.39, 0.29) is 0 Å². The van der Waals surface area contributed by atoms with Gasteiger partial charge in [0, 0.05) is 24.0 Å². The summed E-state index contributed by atoms with van der Waals surface area (Å²) in [6, 6.07) is 0.938. The van der Waals surface area contributed by atoms with Gasteiger partial charge in [-0.2, -0.15) is 0 Å². The number of aryl methyl sites for hydroxylation is 1. The Morgan fingerprint density at radius 1 is 1.50 bits per heavy atom. The van der Waals surface area contributed by atoms with E-state index in [4.69, 9.17) is 9.72 Å². The van der Waals surface area contributed by atoms with Crippen LogP contribution in [-0.4, -0.2) is 36.8 Å². The van der Waals surface area contributed by atoms with E-state index in [1.807, 2.05) is 11.3 Å². The van der Waals surface area contributed by atoms with E-state index < -0.39 is 0 Å². The predicted molar refractivity (Wildman–Crippen MR) is 85.7 cm³/mol. The van der Waals surface area contributed by atoms with Crippen molar-refractivity contribution in [1.82, 2.24) is 10.3 Å². The third-order valence-corrected chi connectivity index (χ3v) is 4.67. The molecule has 0 amide bonds. The van der Waals surface area contributed by atoms with Crippen LogP contribution in [0.15, 0.2) is 0 Å².